The molecule has 0 spiro atoms. The second-order valence-corrected chi connectivity index (χ2v) is 4.66. The van der Waals surface area contributed by atoms with Gasteiger partial charge in [-0.3, -0.25) is 9.59 Å². The van der Waals surface area contributed by atoms with E-state index in [9.17, 15) is 9.59 Å². The Morgan fingerprint density at radius 2 is 2.05 bits per heavy atom. The fourth-order valence-corrected chi connectivity index (χ4v) is 1.66. The van der Waals surface area contributed by atoms with Crippen molar-refractivity contribution in [3.8, 4) is 0 Å². The quantitative estimate of drug-likeness (QED) is 0.912. The van der Waals surface area contributed by atoms with Crippen molar-refractivity contribution in [1.82, 2.24) is 20.4 Å². The number of likely N-dealkylation sites (N-methyl/N-ethyl adjacent to an activating group) is 1. The van der Waals surface area contributed by atoms with E-state index in [2.05, 4.69) is 15.5 Å². The maximum absolute atomic E-state index is 12.0. The maximum Gasteiger partial charge on any atom is 0.255 e. The van der Waals surface area contributed by atoms with Gasteiger partial charge >= 0.3 is 0 Å². The number of hydrogen-bond donors (Lipinski definition) is 1. The smallest absolute Gasteiger partial charge is 0.255 e. The van der Waals surface area contributed by atoms with Crippen molar-refractivity contribution in [2.45, 2.75) is 19.9 Å². The van der Waals surface area contributed by atoms with E-state index in [-0.39, 0.29) is 21.8 Å². The van der Waals surface area contributed by atoms with Crippen LogP contribution >= 0.6 is 23.2 Å². The average Bonchev–Trinajstić information content (AvgIpc) is 2.39. The molecule has 0 radical (unpaired) electrons. The minimum Gasteiger partial charge on any atom is -0.344 e. The zero-order valence-corrected chi connectivity index (χ0v) is 12.3. The van der Waals surface area contributed by atoms with Gasteiger partial charge in [-0.25, -0.2) is 0 Å². The summed E-state index contributed by atoms with van der Waals surface area (Å²) in [5.74, 6) is -0.716. The lowest BCUT2D eigenvalue weighted by Gasteiger charge is -2.20. The molecule has 0 aliphatic carbocycles. The van der Waals surface area contributed by atoms with Crippen molar-refractivity contribution in [2.75, 3.05) is 13.6 Å². The monoisotopic (exact) mass is 304 g/mol. The highest BCUT2D eigenvalue weighted by Crippen LogP contribution is 2.15. The third kappa shape index (κ3) is 4.04. The Kier molecular flexibility index (Phi) is 5.50. The van der Waals surface area contributed by atoms with Gasteiger partial charge in [-0.1, -0.05) is 23.2 Å². The molecule has 0 aliphatic rings. The van der Waals surface area contributed by atoms with Gasteiger partial charge < -0.3 is 10.2 Å². The second kappa shape index (κ2) is 6.68. The molecular weight excluding hydrogens is 291 g/mol. The highest BCUT2D eigenvalue weighted by molar-refractivity contribution is 6.34. The van der Waals surface area contributed by atoms with Gasteiger partial charge in [0.2, 0.25) is 5.91 Å². The molecule has 8 heteroatoms. The number of halogens is 2. The number of nitrogens with zero attached hydrogens (tertiary/aromatic N) is 3. The first-order chi connectivity index (χ1) is 8.86. The van der Waals surface area contributed by atoms with Gasteiger partial charge in [0, 0.05) is 13.6 Å². The van der Waals surface area contributed by atoms with E-state index >= 15 is 0 Å². The van der Waals surface area contributed by atoms with E-state index in [0.717, 1.165) is 0 Å². The molecule has 1 atom stereocenters. The normalized spacial score (nSPS) is 11.8. The standard InChI is InChI=1S/C11H14Cl2N4O2/c1-4-17(3)11(19)6(2)14-10(18)7-5-8(12)15-16-9(7)13/h5-6H,4H2,1-3H3,(H,14,18). The number of carbonyl (C=O) groups excluding carboxylic acids is 2. The summed E-state index contributed by atoms with van der Waals surface area (Å²) < 4.78 is 0. The molecule has 1 aromatic rings. The Balaban J connectivity index is 2.80. The Morgan fingerprint density at radius 1 is 1.42 bits per heavy atom. The average molecular weight is 305 g/mol. The Bertz CT molecular complexity index is 496. The fraction of sp³-hybridized carbons (Fsp3) is 0.455. The summed E-state index contributed by atoms with van der Waals surface area (Å²) in [5.41, 5.74) is 0.0838. The number of rotatable bonds is 4. The van der Waals surface area contributed by atoms with Crippen molar-refractivity contribution < 1.29 is 9.59 Å². The first kappa shape index (κ1) is 15.7. The van der Waals surface area contributed by atoms with E-state index < -0.39 is 11.9 Å². The molecule has 1 unspecified atom stereocenters. The van der Waals surface area contributed by atoms with Crippen LogP contribution in [0.4, 0.5) is 0 Å². The molecule has 0 aliphatic heterocycles. The Hall–Kier alpha value is -1.40. The van der Waals surface area contributed by atoms with Crippen LogP contribution in [0.5, 0.6) is 0 Å². The van der Waals surface area contributed by atoms with Gasteiger partial charge in [0.05, 0.1) is 5.56 Å². The van der Waals surface area contributed by atoms with Crippen molar-refractivity contribution >= 4 is 35.0 Å². The molecule has 0 fully saturated rings. The minimum absolute atomic E-state index is 0.0548. The van der Waals surface area contributed by atoms with Gasteiger partial charge in [0.25, 0.3) is 5.91 Å². The van der Waals surface area contributed by atoms with Crippen LogP contribution in [-0.4, -0.2) is 46.5 Å². The number of nitrogens with one attached hydrogen (secondary N) is 1. The molecule has 6 nitrogen and oxygen atoms in total. The van der Waals surface area contributed by atoms with Gasteiger partial charge in [-0.05, 0) is 19.9 Å². The molecule has 1 aromatic heterocycles. The lowest BCUT2D eigenvalue weighted by atomic mass is 10.2. The predicted molar refractivity (Wildman–Crippen MR) is 72.3 cm³/mol. The van der Waals surface area contributed by atoms with E-state index in [0.29, 0.717) is 6.54 Å². The van der Waals surface area contributed by atoms with Crippen LogP contribution in [0.3, 0.4) is 0 Å². The molecule has 1 heterocycles. The van der Waals surface area contributed by atoms with Gasteiger partial charge in [0.1, 0.15) is 6.04 Å². The summed E-state index contributed by atoms with van der Waals surface area (Å²) in [4.78, 5) is 25.3. The van der Waals surface area contributed by atoms with Gasteiger partial charge in [-0.2, -0.15) is 0 Å². The second-order valence-electron chi connectivity index (χ2n) is 3.92. The molecule has 0 bridgehead atoms. The first-order valence-electron chi connectivity index (χ1n) is 5.61. The SMILES string of the molecule is CCN(C)C(=O)C(C)NC(=O)c1cc(Cl)nnc1Cl. The molecule has 19 heavy (non-hydrogen) atoms. The van der Waals surface area contributed by atoms with E-state index in [4.69, 9.17) is 23.2 Å². The first-order valence-corrected chi connectivity index (χ1v) is 6.37. The van der Waals surface area contributed by atoms with Gasteiger partial charge in [-0.15, -0.1) is 10.2 Å². The zero-order chi connectivity index (χ0) is 14.6. The Morgan fingerprint density at radius 3 is 2.63 bits per heavy atom. The number of hydrogen-bond acceptors (Lipinski definition) is 4. The predicted octanol–water partition coefficient (Wildman–Crippen LogP) is 1.38. The fourth-order valence-electron chi connectivity index (χ4n) is 1.33. The van der Waals surface area contributed by atoms with E-state index in [1.807, 2.05) is 6.92 Å². The van der Waals surface area contributed by atoms with Crippen LogP contribution in [0.2, 0.25) is 10.3 Å². The van der Waals surface area contributed by atoms with Crippen LogP contribution in [0.25, 0.3) is 0 Å². The summed E-state index contributed by atoms with van der Waals surface area (Å²) in [6.07, 6.45) is 0. The summed E-state index contributed by atoms with van der Waals surface area (Å²) in [6, 6.07) is 0.632. The molecule has 0 saturated heterocycles. The maximum atomic E-state index is 12.0. The highest BCUT2D eigenvalue weighted by Gasteiger charge is 2.21. The van der Waals surface area contributed by atoms with Crippen LogP contribution in [0.15, 0.2) is 6.07 Å². The number of amides is 2. The third-order valence-corrected chi connectivity index (χ3v) is 3.00. The van der Waals surface area contributed by atoms with Crippen LogP contribution < -0.4 is 5.32 Å². The topological polar surface area (TPSA) is 75.2 Å². The van der Waals surface area contributed by atoms with Crippen molar-refractivity contribution in [2.24, 2.45) is 0 Å². The summed E-state index contributed by atoms with van der Waals surface area (Å²) in [6.45, 7) is 3.99. The number of carbonyl (C=O) groups is 2. The molecule has 2 amide bonds. The Labute approximate surface area is 121 Å². The highest BCUT2D eigenvalue weighted by atomic mass is 35.5. The van der Waals surface area contributed by atoms with Crippen LogP contribution in [0, 0.1) is 0 Å². The van der Waals surface area contributed by atoms with E-state index in [1.165, 1.54) is 11.0 Å². The minimum atomic E-state index is -0.666. The molecule has 104 valence electrons. The zero-order valence-electron chi connectivity index (χ0n) is 10.8. The van der Waals surface area contributed by atoms with Gasteiger partial charge in [0.15, 0.2) is 10.3 Å². The molecule has 1 rings (SSSR count). The van der Waals surface area contributed by atoms with Crippen LogP contribution in [0.1, 0.15) is 24.2 Å². The van der Waals surface area contributed by atoms with E-state index in [1.54, 1.807) is 14.0 Å². The molecule has 1 N–H and O–H groups in total. The molecule has 0 aromatic carbocycles. The van der Waals surface area contributed by atoms with Crippen LogP contribution in [-0.2, 0) is 4.79 Å². The third-order valence-electron chi connectivity index (χ3n) is 2.53. The van der Waals surface area contributed by atoms with Crippen molar-refractivity contribution in [3.63, 3.8) is 0 Å². The largest absolute Gasteiger partial charge is 0.344 e. The number of aromatic nitrogens is 2. The summed E-state index contributed by atoms with van der Waals surface area (Å²) in [7, 11) is 1.66. The summed E-state index contributed by atoms with van der Waals surface area (Å²) in [5, 5.41) is 9.56. The molecular formula is C11H14Cl2N4O2. The summed E-state index contributed by atoms with van der Waals surface area (Å²) >= 11 is 11.4. The molecule has 0 saturated carbocycles. The lowest BCUT2D eigenvalue weighted by Crippen LogP contribution is -2.45. The lowest BCUT2D eigenvalue weighted by molar-refractivity contribution is -0.131. The van der Waals surface area contributed by atoms with Crippen molar-refractivity contribution in [1.29, 1.82) is 0 Å². The van der Waals surface area contributed by atoms with Crippen molar-refractivity contribution in [3.05, 3.63) is 21.9 Å².